The number of nitrogens with zero attached hydrogens (tertiary/aromatic N) is 2. The fraction of sp³-hybridized carbons (Fsp3) is 0.300. The maximum absolute atomic E-state index is 9.34. The molecule has 14 heavy (non-hydrogen) atoms. The summed E-state index contributed by atoms with van der Waals surface area (Å²) in [5.41, 5.74) is 0.946. The minimum atomic E-state index is -0.396. The van der Waals surface area contributed by atoms with Crippen LogP contribution in [-0.2, 0) is 6.54 Å². The summed E-state index contributed by atoms with van der Waals surface area (Å²) in [5.74, 6) is 0. The van der Waals surface area contributed by atoms with Gasteiger partial charge in [0.25, 0.3) is 0 Å². The summed E-state index contributed by atoms with van der Waals surface area (Å²) < 4.78 is 2.03. The van der Waals surface area contributed by atoms with Gasteiger partial charge in [0, 0.05) is 24.0 Å². The van der Waals surface area contributed by atoms with Crippen molar-refractivity contribution in [3.05, 3.63) is 40.6 Å². The summed E-state index contributed by atoms with van der Waals surface area (Å²) in [6.45, 7) is 2.55. The quantitative estimate of drug-likeness (QED) is 0.838. The average molecular weight is 208 g/mol. The molecule has 1 atom stereocenters. The zero-order chi connectivity index (χ0) is 9.97. The van der Waals surface area contributed by atoms with E-state index in [4.69, 9.17) is 0 Å². The van der Waals surface area contributed by atoms with E-state index in [1.54, 1.807) is 24.5 Å². The molecule has 0 aromatic carbocycles. The molecule has 74 valence electrons. The van der Waals surface area contributed by atoms with Crippen LogP contribution in [0.5, 0.6) is 0 Å². The summed E-state index contributed by atoms with van der Waals surface area (Å²) in [7, 11) is 0. The smallest absolute Gasteiger partial charge is 0.112 e. The number of aliphatic hydroxyl groups is 1. The van der Waals surface area contributed by atoms with Crippen LogP contribution in [0.1, 0.15) is 23.6 Å². The lowest BCUT2D eigenvalue weighted by molar-refractivity contribution is 0.199. The zero-order valence-corrected chi connectivity index (χ0v) is 8.74. The van der Waals surface area contributed by atoms with Crippen molar-refractivity contribution >= 4 is 11.3 Å². The van der Waals surface area contributed by atoms with Crippen LogP contribution in [0.15, 0.2) is 30.0 Å². The largest absolute Gasteiger partial charge is 0.389 e. The molecule has 0 aliphatic rings. The Labute approximate surface area is 86.7 Å². The van der Waals surface area contributed by atoms with Crippen molar-refractivity contribution < 1.29 is 5.11 Å². The third-order valence-electron chi connectivity index (χ3n) is 2.06. The van der Waals surface area contributed by atoms with Crippen molar-refractivity contribution in [2.45, 2.75) is 19.6 Å². The normalized spacial score (nSPS) is 13.0. The Bertz CT molecular complexity index is 392. The molecule has 0 fully saturated rings. The number of hydrogen-bond donors (Lipinski definition) is 1. The van der Waals surface area contributed by atoms with Crippen LogP contribution >= 0.6 is 11.3 Å². The highest BCUT2D eigenvalue weighted by Crippen LogP contribution is 2.13. The molecular weight excluding hydrogens is 196 g/mol. The van der Waals surface area contributed by atoms with Gasteiger partial charge in [-0.2, -0.15) is 0 Å². The summed E-state index contributed by atoms with van der Waals surface area (Å²) >= 11 is 1.64. The lowest BCUT2D eigenvalue weighted by atomic mass is 10.2. The molecule has 2 aromatic rings. The fourth-order valence-corrected chi connectivity index (χ4v) is 1.92. The van der Waals surface area contributed by atoms with E-state index in [1.165, 1.54) is 0 Å². The van der Waals surface area contributed by atoms with Gasteiger partial charge in [-0.3, -0.25) is 0 Å². The van der Waals surface area contributed by atoms with E-state index in [0.717, 1.165) is 17.1 Å². The van der Waals surface area contributed by atoms with Gasteiger partial charge in [0.15, 0.2) is 0 Å². The van der Waals surface area contributed by atoms with E-state index in [-0.39, 0.29) is 0 Å². The highest BCUT2D eigenvalue weighted by Gasteiger charge is 2.03. The molecule has 2 rings (SSSR count). The van der Waals surface area contributed by atoms with Gasteiger partial charge in [-0.1, -0.05) is 0 Å². The second-order valence-electron chi connectivity index (χ2n) is 3.22. The minimum absolute atomic E-state index is 0.396. The monoisotopic (exact) mass is 208 g/mol. The fourth-order valence-electron chi connectivity index (χ4n) is 1.29. The van der Waals surface area contributed by atoms with Crippen LogP contribution in [0.4, 0.5) is 0 Å². The van der Waals surface area contributed by atoms with Crippen LogP contribution in [0.3, 0.4) is 0 Å². The highest BCUT2D eigenvalue weighted by molar-refractivity contribution is 7.09. The maximum Gasteiger partial charge on any atom is 0.112 e. The maximum atomic E-state index is 9.34. The molecule has 0 aliphatic carbocycles. The topological polar surface area (TPSA) is 38.0 Å². The van der Waals surface area contributed by atoms with Gasteiger partial charge in [0.2, 0.25) is 0 Å². The van der Waals surface area contributed by atoms with Gasteiger partial charge in [-0.25, -0.2) is 4.98 Å². The zero-order valence-electron chi connectivity index (χ0n) is 7.92. The number of rotatable bonds is 3. The Hall–Kier alpha value is -1.13. The van der Waals surface area contributed by atoms with Crippen molar-refractivity contribution in [2.75, 3.05) is 0 Å². The van der Waals surface area contributed by atoms with Gasteiger partial charge in [0.1, 0.15) is 5.01 Å². The van der Waals surface area contributed by atoms with Crippen LogP contribution in [0.2, 0.25) is 0 Å². The van der Waals surface area contributed by atoms with E-state index < -0.39 is 6.10 Å². The van der Waals surface area contributed by atoms with E-state index in [2.05, 4.69) is 4.98 Å². The van der Waals surface area contributed by atoms with Gasteiger partial charge in [-0.05, 0) is 18.6 Å². The Morgan fingerprint density at radius 2 is 2.50 bits per heavy atom. The molecule has 0 aliphatic heterocycles. The van der Waals surface area contributed by atoms with Gasteiger partial charge < -0.3 is 9.67 Å². The second kappa shape index (κ2) is 3.94. The second-order valence-corrected chi connectivity index (χ2v) is 4.20. The lowest BCUT2D eigenvalue weighted by Crippen LogP contribution is -1.95. The highest BCUT2D eigenvalue weighted by atomic mass is 32.1. The van der Waals surface area contributed by atoms with Gasteiger partial charge in [0.05, 0.1) is 12.6 Å². The third-order valence-corrected chi connectivity index (χ3v) is 2.82. The summed E-state index contributed by atoms with van der Waals surface area (Å²) in [6.07, 6.45) is 5.32. The SMILES string of the molecule is CC(O)c1ccn(Cc2nccs2)c1. The third kappa shape index (κ3) is 2.02. The predicted molar refractivity (Wildman–Crippen MR) is 56.3 cm³/mol. The average Bonchev–Trinajstić information content (AvgIpc) is 2.75. The molecule has 3 nitrogen and oxygen atoms in total. The lowest BCUT2D eigenvalue weighted by Gasteiger charge is -2.00. The molecule has 0 bridgehead atoms. The first kappa shape index (κ1) is 9.43. The number of aliphatic hydroxyl groups excluding tert-OH is 1. The van der Waals surface area contributed by atoms with E-state index in [9.17, 15) is 5.11 Å². The summed E-state index contributed by atoms with van der Waals surface area (Å²) in [4.78, 5) is 4.20. The molecule has 2 heterocycles. The Kier molecular flexibility index (Phi) is 2.65. The molecule has 1 N–H and O–H groups in total. The van der Waals surface area contributed by atoms with Gasteiger partial charge in [-0.15, -0.1) is 11.3 Å². The summed E-state index contributed by atoms with van der Waals surface area (Å²) in [6, 6.07) is 1.93. The minimum Gasteiger partial charge on any atom is -0.389 e. The summed E-state index contributed by atoms with van der Waals surface area (Å²) in [5, 5.41) is 12.4. The van der Waals surface area contributed by atoms with E-state index >= 15 is 0 Å². The molecule has 1 unspecified atom stereocenters. The first-order valence-electron chi connectivity index (χ1n) is 4.48. The van der Waals surface area contributed by atoms with Crippen molar-refractivity contribution in [1.82, 2.24) is 9.55 Å². The number of thiazole rings is 1. The van der Waals surface area contributed by atoms with Crippen molar-refractivity contribution in [2.24, 2.45) is 0 Å². The number of aromatic nitrogens is 2. The van der Waals surface area contributed by atoms with E-state index in [1.807, 2.05) is 28.4 Å². The van der Waals surface area contributed by atoms with Crippen LogP contribution in [0, 0.1) is 0 Å². The van der Waals surface area contributed by atoms with Gasteiger partial charge >= 0.3 is 0 Å². The Morgan fingerprint density at radius 3 is 3.07 bits per heavy atom. The van der Waals surface area contributed by atoms with Crippen LogP contribution < -0.4 is 0 Å². The molecule has 0 saturated heterocycles. The molecule has 0 amide bonds. The standard InChI is InChI=1S/C10H12N2OS/c1-8(13)9-2-4-12(6-9)7-10-11-3-5-14-10/h2-6,8,13H,7H2,1H3. The van der Waals surface area contributed by atoms with Crippen molar-refractivity contribution in [1.29, 1.82) is 0 Å². The molecule has 2 aromatic heterocycles. The first-order valence-corrected chi connectivity index (χ1v) is 5.36. The molecule has 4 heteroatoms. The van der Waals surface area contributed by atoms with Crippen molar-refractivity contribution in [3.8, 4) is 0 Å². The van der Waals surface area contributed by atoms with Crippen LogP contribution in [-0.4, -0.2) is 14.7 Å². The Balaban J connectivity index is 2.11. The first-order chi connectivity index (χ1) is 6.75. The molecule has 0 radical (unpaired) electrons. The number of hydrogen-bond acceptors (Lipinski definition) is 3. The predicted octanol–water partition coefficient (Wildman–Crippen LogP) is 2.05. The molecule has 0 saturated carbocycles. The molecule has 0 spiro atoms. The molecular formula is C10H12N2OS. The van der Waals surface area contributed by atoms with E-state index in [0.29, 0.717) is 0 Å². The van der Waals surface area contributed by atoms with Crippen LogP contribution in [0.25, 0.3) is 0 Å². The Morgan fingerprint density at radius 1 is 1.64 bits per heavy atom. The van der Waals surface area contributed by atoms with Crippen molar-refractivity contribution in [3.63, 3.8) is 0 Å².